The molecule has 2 nitrogen and oxygen atoms in total. The van der Waals surface area contributed by atoms with Crippen LogP contribution in [0.25, 0.3) is 0 Å². The first kappa shape index (κ1) is 12.6. The van der Waals surface area contributed by atoms with Crippen molar-refractivity contribution in [3.8, 4) is 5.75 Å². The molecule has 0 aromatic heterocycles. The molecule has 0 spiro atoms. The lowest BCUT2D eigenvalue weighted by molar-refractivity contribution is 0.210. The van der Waals surface area contributed by atoms with E-state index in [1.807, 2.05) is 6.07 Å². The first-order valence-electron chi connectivity index (χ1n) is 5.78. The quantitative estimate of drug-likeness (QED) is 0.825. The van der Waals surface area contributed by atoms with E-state index in [1.165, 1.54) is 12.1 Å². The van der Waals surface area contributed by atoms with Gasteiger partial charge in [0.25, 0.3) is 0 Å². The Kier molecular flexibility index (Phi) is 3.25. The van der Waals surface area contributed by atoms with Crippen molar-refractivity contribution in [3.05, 3.63) is 57.8 Å². The lowest BCUT2D eigenvalue weighted by atomic mass is 10.1. The molecule has 0 saturated carbocycles. The number of hydrogen-bond donors (Lipinski definition) is 1. The molecule has 1 aliphatic heterocycles. The van der Waals surface area contributed by atoms with Gasteiger partial charge in [-0.3, -0.25) is 0 Å². The van der Waals surface area contributed by atoms with E-state index in [4.69, 9.17) is 27.9 Å². The highest BCUT2D eigenvalue weighted by molar-refractivity contribution is 6.35. The zero-order valence-electron chi connectivity index (χ0n) is 9.79. The van der Waals surface area contributed by atoms with Crippen molar-refractivity contribution in [2.24, 2.45) is 0 Å². The summed E-state index contributed by atoms with van der Waals surface area (Å²) in [6, 6.07) is 9.68. The van der Waals surface area contributed by atoms with Crippen molar-refractivity contribution >= 4 is 28.9 Å². The van der Waals surface area contributed by atoms with Crippen molar-refractivity contribution in [2.45, 2.75) is 6.10 Å². The minimum Gasteiger partial charge on any atom is -0.482 e. The number of anilines is 1. The second-order valence-electron chi connectivity index (χ2n) is 4.29. The lowest BCUT2D eigenvalue weighted by Crippen LogP contribution is -2.23. The van der Waals surface area contributed by atoms with Gasteiger partial charge in [-0.2, -0.15) is 0 Å². The van der Waals surface area contributed by atoms with Crippen LogP contribution >= 0.6 is 23.2 Å². The molecule has 3 rings (SSSR count). The van der Waals surface area contributed by atoms with Crippen molar-refractivity contribution in [2.75, 3.05) is 11.9 Å². The fourth-order valence-electron chi connectivity index (χ4n) is 2.08. The normalized spacial score (nSPS) is 17.3. The van der Waals surface area contributed by atoms with Crippen LogP contribution in [0.1, 0.15) is 11.7 Å². The average Bonchev–Trinajstić information content (AvgIpc) is 2.38. The van der Waals surface area contributed by atoms with E-state index in [0.717, 1.165) is 5.56 Å². The molecular formula is C14H10Cl2FNO. The van der Waals surface area contributed by atoms with Crippen LogP contribution < -0.4 is 10.1 Å². The Labute approximate surface area is 120 Å². The summed E-state index contributed by atoms with van der Waals surface area (Å²) in [5.41, 5.74) is 1.51. The minimum absolute atomic E-state index is 0.220. The highest BCUT2D eigenvalue weighted by Crippen LogP contribution is 2.37. The largest absolute Gasteiger partial charge is 0.482 e. The van der Waals surface area contributed by atoms with Crippen molar-refractivity contribution in [1.82, 2.24) is 0 Å². The third kappa shape index (κ3) is 2.48. The molecule has 2 aromatic carbocycles. The monoisotopic (exact) mass is 297 g/mol. The Balaban J connectivity index is 1.91. The van der Waals surface area contributed by atoms with Gasteiger partial charge in [-0.05, 0) is 24.3 Å². The van der Waals surface area contributed by atoms with Gasteiger partial charge in [-0.15, -0.1) is 0 Å². The van der Waals surface area contributed by atoms with Crippen LogP contribution in [0.4, 0.5) is 10.1 Å². The molecule has 0 aliphatic carbocycles. The first-order valence-corrected chi connectivity index (χ1v) is 6.54. The van der Waals surface area contributed by atoms with Crippen LogP contribution in [-0.4, -0.2) is 6.54 Å². The topological polar surface area (TPSA) is 21.3 Å². The summed E-state index contributed by atoms with van der Waals surface area (Å²) in [6.45, 7) is 0.526. The predicted molar refractivity (Wildman–Crippen MR) is 74.7 cm³/mol. The Morgan fingerprint density at radius 3 is 2.79 bits per heavy atom. The van der Waals surface area contributed by atoms with E-state index in [9.17, 15) is 4.39 Å². The van der Waals surface area contributed by atoms with Crippen LogP contribution in [0.2, 0.25) is 10.0 Å². The summed E-state index contributed by atoms with van der Waals surface area (Å²) in [5.74, 6) is 0.321. The number of fused-ring (bicyclic) bond motifs is 1. The Bertz CT molecular complexity index is 633. The van der Waals surface area contributed by atoms with Crippen LogP contribution in [0.5, 0.6) is 5.75 Å². The zero-order valence-corrected chi connectivity index (χ0v) is 11.3. The van der Waals surface area contributed by atoms with Gasteiger partial charge >= 0.3 is 0 Å². The maximum absolute atomic E-state index is 13.1. The van der Waals surface area contributed by atoms with Gasteiger partial charge in [0.15, 0.2) is 0 Å². The summed E-state index contributed by atoms with van der Waals surface area (Å²) in [4.78, 5) is 0. The molecule has 1 aliphatic rings. The fourth-order valence-corrected chi connectivity index (χ4v) is 2.61. The molecule has 98 valence electrons. The van der Waals surface area contributed by atoms with Crippen LogP contribution in [-0.2, 0) is 0 Å². The van der Waals surface area contributed by atoms with Crippen molar-refractivity contribution in [1.29, 1.82) is 0 Å². The first-order chi connectivity index (χ1) is 9.13. The van der Waals surface area contributed by atoms with E-state index in [2.05, 4.69) is 5.32 Å². The molecule has 2 aromatic rings. The van der Waals surface area contributed by atoms with E-state index in [0.29, 0.717) is 28.0 Å². The molecule has 0 amide bonds. The van der Waals surface area contributed by atoms with Gasteiger partial charge in [-0.25, -0.2) is 4.39 Å². The average molecular weight is 298 g/mol. The van der Waals surface area contributed by atoms with Crippen molar-refractivity contribution in [3.63, 3.8) is 0 Å². The summed E-state index contributed by atoms with van der Waals surface area (Å²) < 4.78 is 18.9. The van der Waals surface area contributed by atoms with E-state index >= 15 is 0 Å². The Morgan fingerprint density at radius 2 is 2.00 bits per heavy atom. The number of nitrogens with one attached hydrogen (secondary N) is 1. The molecule has 0 fully saturated rings. The van der Waals surface area contributed by atoms with Gasteiger partial charge in [0.05, 0.1) is 12.2 Å². The summed E-state index contributed by atoms with van der Waals surface area (Å²) in [6.07, 6.45) is -0.220. The second-order valence-corrected chi connectivity index (χ2v) is 5.14. The summed E-state index contributed by atoms with van der Waals surface area (Å²) >= 11 is 12.0. The predicted octanol–water partition coefficient (Wildman–Crippen LogP) is 4.68. The molecule has 1 heterocycles. The van der Waals surface area contributed by atoms with E-state index in [1.54, 1.807) is 18.2 Å². The lowest BCUT2D eigenvalue weighted by Gasteiger charge is -2.28. The number of hydrogen-bond acceptors (Lipinski definition) is 2. The van der Waals surface area contributed by atoms with Gasteiger partial charge < -0.3 is 10.1 Å². The molecule has 0 radical (unpaired) electrons. The molecule has 19 heavy (non-hydrogen) atoms. The zero-order chi connectivity index (χ0) is 13.4. The molecule has 1 N–H and O–H groups in total. The van der Waals surface area contributed by atoms with E-state index < -0.39 is 0 Å². The maximum Gasteiger partial charge on any atom is 0.143 e. The van der Waals surface area contributed by atoms with E-state index in [-0.39, 0.29) is 11.9 Å². The van der Waals surface area contributed by atoms with Crippen LogP contribution in [0.15, 0.2) is 36.4 Å². The Hall–Kier alpha value is -1.45. The highest BCUT2D eigenvalue weighted by atomic mass is 35.5. The number of halogens is 3. The molecule has 5 heteroatoms. The van der Waals surface area contributed by atoms with Gasteiger partial charge in [-0.1, -0.05) is 29.3 Å². The van der Waals surface area contributed by atoms with Crippen molar-refractivity contribution < 1.29 is 9.13 Å². The summed E-state index contributed by atoms with van der Waals surface area (Å²) in [7, 11) is 0. The molecule has 0 saturated heterocycles. The molecule has 1 atom stereocenters. The summed E-state index contributed by atoms with van der Waals surface area (Å²) in [5, 5.41) is 4.28. The minimum atomic E-state index is -0.294. The van der Waals surface area contributed by atoms with Gasteiger partial charge in [0, 0.05) is 21.7 Å². The molecule has 1 unspecified atom stereocenters. The third-order valence-electron chi connectivity index (χ3n) is 3.00. The van der Waals surface area contributed by atoms with Gasteiger partial charge in [0.1, 0.15) is 17.7 Å². The number of ether oxygens (including phenoxy) is 1. The second kappa shape index (κ2) is 4.91. The van der Waals surface area contributed by atoms with Crippen LogP contribution in [0.3, 0.4) is 0 Å². The SMILES string of the molecule is Fc1ccc2c(c1)NCC(c1ccc(Cl)cc1Cl)O2. The smallest absolute Gasteiger partial charge is 0.143 e. The number of benzene rings is 2. The third-order valence-corrected chi connectivity index (χ3v) is 3.56. The Morgan fingerprint density at radius 1 is 1.16 bits per heavy atom. The highest BCUT2D eigenvalue weighted by Gasteiger charge is 2.23. The van der Waals surface area contributed by atoms with Gasteiger partial charge in [0.2, 0.25) is 0 Å². The standard InChI is InChI=1S/C14H10Cl2FNO/c15-8-1-3-10(11(16)5-8)14-7-18-12-6-9(17)2-4-13(12)19-14/h1-6,14,18H,7H2. The maximum atomic E-state index is 13.1. The molecule has 0 bridgehead atoms. The molecular weight excluding hydrogens is 288 g/mol. The van der Waals surface area contributed by atoms with Crippen LogP contribution in [0, 0.1) is 5.82 Å². The fraction of sp³-hybridized carbons (Fsp3) is 0.143. The number of rotatable bonds is 1.